The largest absolute Gasteiger partial charge is 0.328 e. The maximum atomic E-state index is 11.0. The summed E-state index contributed by atoms with van der Waals surface area (Å²) in [6, 6.07) is 1.71. The molecule has 1 fully saturated rings. The van der Waals surface area contributed by atoms with E-state index < -0.39 is 0 Å². The van der Waals surface area contributed by atoms with Crippen LogP contribution in [-0.2, 0) is 0 Å². The molecule has 11 heavy (non-hydrogen) atoms. The van der Waals surface area contributed by atoms with Gasteiger partial charge in [-0.15, -0.1) is 0 Å². The Morgan fingerprint density at radius 2 is 2.18 bits per heavy atom. The van der Waals surface area contributed by atoms with E-state index in [0.717, 1.165) is 12.8 Å². The highest BCUT2D eigenvalue weighted by molar-refractivity contribution is 4.90. The van der Waals surface area contributed by atoms with Gasteiger partial charge in [0, 0.05) is 18.3 Å². The molecule has 0 aliphatic heterocycles. The fourth-order valence-electron chi connectivity index (χ4n) is 1.07. The smallest absolute Gasteiger partial charge is 0.298 e. The molecule has 0 spiro atoms. The summed E-state index contributed by atoms with van der Waals surface area (Å²) in [5.41, 5.74) is -0.619. The van der Waals surface area contributed by atoms with Crippen molar-refractivity contribution in [3.8, 4) is 0 Å². The minimum absolute atomic E-state index is 0.292. The first kappa shape index (κ1) is 6.39. The Balaban J connectivity index is 2.56. The molecule has 1 aliphatic rings. The van der Waals surface area contributed by atoms with Crippen LogP contribution >= 0.6 is 0 Å². The van der Waals surface area contributed by atoms with Crippen molar-refractivity contribution in [3.63, 3.8) is 0 Å². The average molecular weight is 152 g/mol. The second-order valence-corrected chi connectivity index (χ2v) is 2.75. The quantitative estimate of drug-likeness (QED) is 0.609. The Morgan fingerprint density at radius 3 is 2.73 bits per heavy atom. The van der Waals surface area contributed by atoms with Gasteiger partial charge in [-0.1, -0.05) is 0 Å². The number of hydrogen-bond acceptors (Lipinski definition) is 2. The number of aromatic amines is 1. The highest BCUT2D eigenvalue weighted by atomic mass is 16.2. The van der Waals surface area contributed by atoms with E-state index >= 15 is 0 Å². The Bertz CT molecular complexity index is 373. The normalized spacial score (nSPS) is 16.7. The van der Waals surface area contributed by atoms with Crippen molar-refractivity contribution in [1.82, 2.24) is 9.55 Å². The molecule has 4 nitrogen and oxygen atoms in total. The first-order valence-electron chi connectivity index (χ1n) is 3.59. The van der Waals surface area contributed by atoms with Crippen molar-refractivity contribution in [1.29, 1.82) is 0 Å². The van der Waals surface area contributed by atoms with Gasteiger partial charge >= 0.3 is 5.69 Å². The third kappa shape index (κ3) is 1.11. The van der Waals surface area contributed by atoms with Crippen LogP contribution in [-0.4, -0.2) is 9.55 Å². The number of nitrogens with one attached hydrogen (secondary N) is 1. The van der Waals surface area contributed by atoms with Crippen LogP contribution in [0.25, 0.3) is 0 Å². The Morgan fingerprint density at radius 1 is 1.45 bits per heavy atom. The summed E-state index contributed by atoms with van der Waals surface area (Å²) < 4.78 is 1.57. The molecular weight excluding hydrogens is 144 g/mol. The standard InChI is InChI=1S/C7H8N2O2/c10-6-3-4-9(5-1-2-5)7(11)8-6/h3-5H,1-2H2,(H,8,10,11). The zero-order chi connectivity index (χ0) is 7.84. The lowest BCUT2D eigenvalue weighted by Crippen LogP contribution is -2.27. The van der Waals surface area contributed by atoms with E-state index in [4.69, 9.17) is 0 Å². The Kier molecular flexibility index (Phi) is 1.21. The van der Waals surface area contributed by atoms with Crippen molar-refractivity contribution in [2.24, 2.45) is 0 Å². The molecule has 1 N–H and O–H groups in total. The predicted molar refractivity (Wildman–Crippen MR) is 39.6 cm³/mol. The van der Waals surface area contributed by atoms with Gasteiger partial charge in [-0.25, -0.2) is 4.79 Å². The Hall–Kier alpha value is -1.32. The van der Waals surface area contributed by atoms with Gasteiger partial charge in [0.2, 0.25) is 0 Å². The number of H-pyrrole nitrogens is 1. The Labute approximate surface area is 62.5 Å². The molecule has 1 heterocycles. The summed E-state index contributed by atoms with van der Waals surface area (Å²) >= 11 is 0. The van der Waals surface area contributed by atoms with Crippen LogP contribution in [0.4, 0.5) is 0 Å². The molecule has 0 amide bonds. The summed E-state index contributed by atoms with van der Waals surface area (Å²) in [6.45, 7) is 0. The average Bonchev–Trinajstić information content (AvgIpc) is 2.70. The maximum absolute atomic E-state index is 11.0. The van der Waals surface area contributed by atoms with Crippen molar-refractivity contribution < 1.29 is 0 Å². The summed E-state index contributed by atoms with van der Waals surface area (Å²) in [7, 11) is 0. The molecule has 1 aromatic heterocycles. The molecule has 2 rings (SSSR count). The highest BCUT2D eigenvalue weighted by Crippen LogP contribution is 2.32. The van der Waals surface area contributed by atoms with Crippen molar-refractivity contribution >= 4 is 0 Å². The van der Waals surface area contributed by atoms with E-state index in [1.54, 1.807) is 10.8 Å². The molecule has 0 saturated heterocycles. The first-order chi connectivity index (χ1) is 5.27. The van der Waals surface area contributed by atoms with Gasteiger partial charge in [0.1, 0.15) is 0 Å². The summed E-state index contributed by atoms with van der Waals surface area (Å²) in [6.07, 6.45) is 3.65. The van der Waals surface area contributed by atoms with Gasteiger partial charge in [-0.05, 0) is 12.8 Å². The van der Waals surface area contributed by atoms with Gasteiger partial charge in [-0.2, -0.15) is 0 Å². The predicted octanol–water partition coefficient (Wildman–Crippen LogP) is -0.129. The van der Waals surface area contributed by atoms with E-state index in [0.29, 0.717) is 6.04 Å². The zero-order valence-electron chi connectivity index (χ0n) is 5.91. The number of rotatable bonds is 1. The molecule has 4 heteroatoms. The molecule has 1 aliphatic carbocycles. The molecule has 0 bridgehead atoms. The van der Waals surface area contributed by atoms with Gasteiger partial charge in [0.05, 0.1) is 0 Å². The van der Waals surface area contributed by atoms with Crippen LogP contribution in [0.2, 0.25) is 0 Å². The van der Waals surface area contributed by atoms with Gasteiger partial charge in [0.15, 0.2) is 0 Å². The van der Waals surface area contributed by atoms with Crippen molar-refractivity contribution in [2.45, 2.75) is 18.9 Å². The molecule has 0 atom stereocenters. The lowest BCUT2D eigenvalue weighted by atomic mass is 10.6. The summed E-state index contributed by atoms with van der Waals surface area (Å²) in [5.74, 6) is 0. The molecule has 1 aromatic rings. The zero-order valence-corrected chi connectivity index (χ0v) is 5.91. The first-order valence-corrected chi connectivity index (χ1v) is 3.59. The monoisotopic (exact) mass is 152 g/mol. The van der Waals surface area contributed by atoms with Gasteiger partial charge < -0.3 is 0 Å². The minimum atomic E-state index is -0.327. The minimum Gasteiger partial charge on any atom is -0.298 e. The third-order valence-electron chi connectivity index (χ3n) is 1.79. The van der Waals surface area contributed by atoms with Crippen LogP contribution < -0.4 is 11.2 Å². The van der Waals surface area contributed by atoms with Gasteiger partial charge in [-0.3, -0.25) is 14.3 Å². The number of aromatic nitrogens is 2. The van der Waals surface area contributed by atoms with Gasteiger partial charge in [0.25, 0.3) is 5.56 Å². The van der Waals surface area contributed by atoms with Crippen LogP contribution in [0.5, 0.6) is 0 Å². The fourth-order valence-corrected chi connectivity index (χ4v) is 1.07. The van der Waals surface area contributed by atoms with Crippen LogP contribution in [0, 0.1) is 0 Å². The third-order valence-corrected chi connectivity index (χ3v) is 1.79. The van der Waals surface area contributed by atoms with E-state index in [2.05, 4.69) is 4.98 Å². The number of hydrogen-bond donors (Lipinski definition) is 1. The molecule has 0 aromatic carbocycles. The topological polar surface area (TPSA) is 54.9 Å². The van der Waals surface area contributed by atoms with E-state index in [1.165, 1.54) is 6.07 Å². The molecule has 58 valence electrons. The lowest BCUT2D eigenvalue weighted by molar-refractivity contribution is 0.675. The van der Waals surface area contributed by atoms with Crippen LogP contribution in [0.1, 0.15) is 18.9 Å². The highest BCUT2D eigenvalue weighted by Gasteiger charge is 2.23. The number of nitrogens with zero attached hydrogens (tertiary/aromatic N) is 1. The van der Waals surface area contributed by atoms with Crippen molar-refractivity contribution in [3.05, 3.63) is 33.1 Å². The van der Waals surface area contributed by atoms with Crippen LogP contribution in [0.3, 0.4) is 0 Å². The van der Waals surface area contributed by atoms with E-state index in [1.807, 2.05) is 0 Å². The summed E-state index contributed by atoms with van der Waals surface area (Å²) in [4.78, 5) is 23.9. The SMILES string of the molecule is O=c1ccn(C2CC2)c(=O)[nH]1. The van der Waals surface area contributed by atoms with E-state index in [9.17, 15) is 9.59 Å². The second-order valence-electron chi connectivity index (χ2n) is 2.75. The second kappa shape index (κ2) is 2.08. The van der Waals surface area contributed by atoms with Crippen LogP contribution in [0.15, 0.2) is 21.9 Å². The molecule has 1 saturated carbocycles. The fraction of sp³-hybridized carbons (Fsp3) is 0.429. The summed E-state index contributed by atoms with van der Waals surface area (Å²) in [5, 5.41) is 0. The molecule has 0 radical (unpaired) electrons. The maximum Gasteiger partial charge on any atom is 0.328 e. The lowest BCUT2D eigenvalue weighted by Gasteiger charge is -1.98. The molecular formula is C7H8N2O2. The van der Waals surface area contributed by atoms with Crippen molar-refractivity contribution in [2.75, 3.05) is 0 Å². The van der Waals surface area contributed by atoms with E-state index in [-0.39, 0.29) is 11.2 Å². The molecule has 0 unspecified atom stereocenters.